The summed E-state index contributed by atoms with van der Waals surface area (Å²) in [5, 5.41) is 10.4. The van der Waals surface area contributed by atoms with Crippen molar-refractivity contribution < 1.29 is 14.2 Å². The van der Waals surface area contributed by atoms with Gasteiger partial charge in [-0.05, 0) is 42.8 Å². The summed E-state index contributed by atoms with van der Waals surface area (Å²) >= 11 is 11.9. The molecule has 0 saturated carbocycles. The van der Waals surface area contributed by atoms with Crippen LogP contribution >= 0.6 is 23.2 Å². The molecule has 2 rings (SSSR count). The Balaban J connectivity index is 2.13. The lowest BCUT2D eigenvalue weighted by molar-refractivity contribution is 0.198. The lowest BCUT2D eigenvalue weighted by Gasteiger charge is -2.11. The second-order valence-electron chi connectivity index (χ2n) is 4.39. The summed E-state index contributed by atoms with van der Waals surface area (Å²) < 4.78 is 19.2. The zero-order valence-electron chi connectivity index (χ0n) is 10.7. The fraction of sp³-hybridized carbons (Fsp3) is 0.200. The average molecular weight is 315 g/mol. The number of aliphatic hydroxyl groups excluding tert-OH is 1. The highest BCUT2D eigenvalue weighted by atomic mass is 35.5. The third kappa shape index (κ3) is 3.63. The third-order valence-corrected chi connectivity index (χ3v) is 3.43. The van der Waals surface area contributed by atoms with E-state index in [-0.39, 0.29) is 12.4 Å². The van der Waals surface area contributed by atoms with Crippen molar-refractivity contribution in [1.82, 2.24) is 0 Å². The van der Waals surface area contributed by atoms with Gasteiger partial charge in [0.1, 0.15) is 6.61 Å². The van der Waals surface area contributed by atoms with E-state index in [1.807, 2.05) is 0 Å². The van der Waals surface area contributed by atoms with Crippen LogP contribution in [0.25, 0.3) is 0 Å². The Kier molecular flexibility index (Phi) is 4.86. The molecule has 0 aliphatic heterocycles. The van der Waals surface area contributed by atoms with Gasteiger partial charge in [0.15, 0.2) is 11.6 Å². The number of ether oxygens (including phenoxy) is 1. The largest absolute Gasteiger partial charge is 0.486 e. The molecule has 0 heterocycles. The number of aliphatic hydroxyl groups is 1. The quantitative estimate of drug-likeness (QED) is 0.881. The van der Waals surface area contributed by atoms with Gasteiger partial charge in [0.05, 0.1) is 6.10 Å². The zero-order chi connectivity index (χ0) is 14.7. The van der Waals surface area contributed by atoms with Gasteiger partial charge in [-0.3, -0.25) is 0 Å². The Morgan fingerprint density at radius 2 is 1.95 bits per heavy atom. The first-order valence-corrected chi connectivity index (χ1v) is 6.77. The van der Waals surface area contributed by atoms with E-state index >= 15 is 0 Å². The van der Waals surface area contributed by atoms with E-state index in [2.05, 4.69) is 0 Å². The first-order valence-electron chi connectivity index (χ1n) is 6.01. The van der Waals surface area contributed by atoms with E-state index in [4.69, 9.17) is 27.9 Å². The molecular formula is C15H13Cl2FO2. The molecule has 0 aromatic heterocycles. The molecule has 2 aromatic carbocycles. The molecule has 0 amide bonds. The molecule has 106 valence electrons. The summed E-state index contributed by atoms with van der Waals surface area (Å²) in [5.74, 6) is -0.424. The van der Waals surface area contributed by atoms with E-state index < -0.39 is 11.9 Å². The minimum absolute atomic E-state index is 0.102. The number of hydrogen-bond donors (Lipinski definition) is 1. The Labute approximate surface area is 126 Å². The van der Waals surface area contributed by atoms with Crippen molar-refractivity contribution in [2.75, 3.05) is 0 Å². The average Bonchev–Trinajstić information content (AvgIpc) is 2.40. The summed E-state index contributed by atoms with van der Waals surface area (Å²) in [6, 6.07) is 9.35. The fourth-order valence-corrected chi connectivity index (χ4v) is 2.07. The Morgan fingerprint density at radius 3 is 2.60 bits per heavy atom. The lowest BCUT2D eigenvalue weighted by Crippen LogP contribution is -2.00. The summed E-state index contributed by atoms with van der Waals surface area (Å²) in [5.41, 5.74) is 1.17. The second kappa shape index (κ2) is 6.44. The topological polar surface area (TPSA) is 29.5 Å². The molecule has 0 radical (unpaired) electrons. The predicted molar refractivity (Wildman–Crippen MR) is 77.8 cm³/mol. The van der Waals surface area contributed by atoms with Crippen molar-refractivity contribution in [1.29, 1.82) is 0 Å². The van der Waals surface area contributed by atoms with Crippen LogP contribution in [0, 0.1) is 5.82 Å². The van der Waals surface area contributed by atoms with Crippen LogP contribution in [0.2, 0.25) is 10.0 Å². The molecular weight excluding hydrogens is 302 g/mol. The van der Waals surface area contributed by atoms with Crippen LogP contribution in [0.5, 0.6) is 5.75 Å². The van der Waals surface area contributed by atoms with Gasteiger partial charge in [-0.25, -0.2) is 4.39 Å². The third-order valence-electron chi connectivity index (χ3n) is 2.83. The molecule has 1 N–H and O–H groups in total. The Bertz CT molecular complexity index is 615. The standard InChI is InChI=1S/C15H13Cl2FO2/c1-9(19)10-2-5-15(14(18)7-10)20-8-11-6-12(16)3-4-13(11)17/h2-7,9,19H,8H2,1H3/t9-/m0/s1. The highest BCUT2D eigenvalue weighted by Crippen LogP contribution is 2.25. The first-order chi connectivity index (χ1) is 9.47. The highest BCUT2D eigenvalue weighted by molar-refractivity contribution is 6.33. The maximum atomic E-state index is 13.8. The van der Waals surface area contributed by atoms with Gasteiger partial charge in [0, 0.05) is 15.6 Å². The van der Waals surface area contributed by atoms with E-state index in [1.165, 1.54) is 12.1 Å². The smallest absolute Gasteiger partial charge is 0.165 e. The van der Waals surface area contributed by atoms with Crippen molar-refractivity contribution in [3.63, 3.8) is 0 Å². The number of rotatable bonds is 4. The van der Waals surface area contributed by atoms with Crippen molar-refractivity contribution in [2.24, 2.45) is 0 Å². The second-order valence-corrected chi connectivity index (χ2v) is 5.23. The molecule has 5 heteroatoms. The van der Waals surface area contributed by atoms with Crippen molar-refractivity contribution in [2.45, 2.75) is 19.6 Å². The Hall–Kier alpha value is -1.29. The summed E-state index contributed by atoms with van der Waals surface area (Å²) in [6.07, 6.45) is -0.721. The maximum absolute atomic E-state index is 13.8. The van der Waals surface area contributed by atoms with Crippen LogP contribution < -0.4 is 4.74 Å². The van der Waals surface area contributed by atoms with Gasteiger partial charge in [-0.2, -0.15) is 0 Å². The van der Waals surface area contributed by atoms with Crippen LogP contribution in [-0.2, 0) is 6.61 Å². The van der Waals surface area contributed by atoms with Gasteiger partial charge < -0.3 is 9.84 Å². The molecule has 20 heavy (non-hydrogen) atoms. The molecule has 0 unspecified atom stereocenters. The van der Waals surface area contributed by atoms with Crippen molar-refractivity contribution >= 4 is 23.2 Å². The summed E-state index contributed by atoms with van der Waals surface area (Å²) in [7, 11) is 0. The SMILES string of the molecule is C[C@H](O)c1ccc(OCc2cc(Cl)ccc2Cl)c(F)c1. The van der Waals surface area contributed by atoms with Crippen LogP contribution in [0.1, 0.15) is 24.2 Å². The number of hydrogen-bond acceptors (Lipinski definition) is 2. The molecule has 0 saturated heterocycles. The van der Waals surface area contributed by atoms with Gasteiger partial charge in [0.2, 0.25) is 0 Å². The monoisotopic (exact) mass is 314 g/mol. The van der Waals surface area contributed by atoms with Gasteiger partial charge in [-0.15, -0.1) is 0 Å². The van der Waals surface area contributed by atoms with Crippen LogP contribution in [0.15, 0.2) is 36.4 Å². The van der Waals surface area contributed by atoms with Crippen molar-refractivity contribution in [3.05, 3.63) is 63.4 Å². The van der Waals surface area contributed by atoms with E-state index in [0.29, 0.717) is 21.2 Å². The fourth-order valence-electron chi connectivity index (χ4n) is 1.70. The molecule has 0 bridgehead atoms. The van der Waals surface area contributed by atoms with Crippen LogP contribution in [-0.4, -0.2) is 5.11 Å². The Morgan fingerprint density at radius 1 is 1.20 bits per heavy atom. The predicted octanol–water partition coefficient (Wildman–Crippen LogP) is 4.76. The number of halogens is 3. The van der Waals surface area contributed by atoms with E-state index in [9.17, 15) is 9.50 Å². The zero-order valence-corrected chi connectivity index (χ0v) is 12.2. The van der Waals surface area contributed by atoms with Crippen LogP contribution in [0.3, 0.4) is 0 Å². The molecule has 2 aromatic rings. The highest BCUT2D eigenvalue weighted by Gasteiger charge is 2.09. The van der Waals surface area contributed by atoms with E-state index in [0.717, 1.165) is 0 Å². The maximum Gasteiger partial charge on any atom is 0.165 e. The molecule has 0 fully saturated rings. The van der Waals surface area contributed by atoms with Gasteiger partial charge in [-0.1, -0.05) is 29.3 Å². The molecule has 0 aliphatic rings. The molecule has 0 aliphatic carbocycles. The number of benzene rings is 2. The van der Waals surface area contributed by atoms with Crippen molar-refractivity contribution in [3.8, 4) is 5.75 Å². The minimum atomic E-state index is -0.721. The molecule has 1 atom stereocenters. The minimum Gasteiger partial charge on any atom is -0.486 e. The van der Waals surface area contributed by atoms with Crippen LogP contribution in [0.4, 0.5) is 4.39 Å². The lowest BCUT2D eigenvalue weighted by atomic mass is 10.1. The molecule has 2 nitrogen and oxygen atoms in total. The normalized spacial score (nSPS) is 12.2. The summed E-state index contributed by atoms with van der Waals surface area (Å²) in [4.78, 5) is 0. The first kappa shape index (κ1) is 15.1. The van der Waals surface area contributed by atoms with Gasteiger partial charge >= 0.3 is 0 Å². The van der Waals surface area contributed by atoms with Gasteiger partial charge in [0.25, 0.3) is 0 Å². The molecule has 0 spiro atoms. The van der Waals surface area contributed by atoms with E-state index in [1.54, 1.807) is 31.2 Å². The summed E-state index contributed by atoms with van der Waals surface area (Å²) in [6.45, 7) is 1.69.